The molecule has 0 aliphatic carbocycles. The number of hydrogen-bond donors (Lipinski definition) is 2. The highest BCUT2D eigenvalue weighted by Crippen LogP contribution is 2.14. The molecule has 0 saturated heterocycles. The Morgan fingerprint density at radius 3 is 2.33 bits per heavy atom. The van der Waals surface area contributed by atoms with E-state index < -0.39 is 5.92 Å². The van der Waals surface area contributed by atoms with E-state index in [1.54, 1.807) is 13.8 Å². The fraction of sp³-hybridized carbons (Fsp3) is 0.500. The van der Waals surface area contributed by atoms with Crippen LogP contribution >= 0.6 is 0 Å². The van der Waals surface area contributed by atoms with Crippen molar-refractivity contribution in [1.82, 2.24) is 5.43 Å². The van der Waals surface area contributed by atoms with Crippen LogP contribution in [-0.2, 0) is 19.1 Å². The van der Waals surface area contributed by atoms with E-state index in [1.165, 1.54) is 0 Å². The lowest BCUT2D eigenvalue weighted by Crippen LogP contribution is -2.27. The van der Waals surface area contributed by atoms with Gasteiger partial charge >= 0.3 is 5.97 Å². The molecule has 0 spiro atoms. The minimum Gasteiger partial charge on any atom is -0.465 e. The van der Waals surface area contributed by atoms with Crippen molar-refractivity contribution in [3.05, 3.63) is 29.3 Å². The first-order chi connectivity index (χ1) is 12.8. The Labute approximate surface area is 160 Å². The lowest BCUT2D eigenvalue weighted by Gasteiger charge is -2.13. The number of nitrogens with one attached hydrogen (secondary N) is 2. The van der Waals surface area contributed by atoms with E-state index in [2.05, 4.69) is 15.8 Å². The average molecular weight is 375 g/mol. The third kappa shape index (κ3) is 7.60. The molecule has 0 heterocycles. The van der Waals surface area contributed by atoms with Gasteiger partial charge in [0.25, 0.3) is 0 Å². The number of amides is 2. The molecule has 0 bridgehead atoms. The zero-order valence-corrected chi connectivity index (χ0v) is 16.7. The Hall–Kier alpha value is -2.70. The normalized spacial score (nSPS) is 12.3. The summed E-state index contributed by atoms with van der Waals surface area (Å²) in [6, 6.07) is 5.65. The third-order valence-corrected chi connectivity index (χ3v) is 4.21. The number of aryl methyl sites for hydroxylation is 2. The van der Waals surface area contributed by atoms with E-state index in [4.69, 9.17) is 4.74 Å². The molecule has 7 heteroatoms. The Balaban J connectivity index is 2.48. The summed E-state index contributed by atoms with van der Waals surface area (Å²) < 4.78 is 4.99. The van der Waals surface area contributed by atoms with Crippen LogP contribution in [0.25, 0.3) is 0 Å². The summed E-state index contributed by atoms with van der Waals surface area (Å²) in [6.45, 7) is 9.52. The highest BCUT2D eigenvalue weighted by Gasteiger charge is 2.21. The smallest absolute Gasteiger partial charge is 0.314 e. The molecule has 1 aromatic carbocycles. The van der Waals surface area contributed by atoms with Gasteiger partial charge in [0.2, 0.25) is 11.8 Å². The van der Waals surface area contributed by atoms with Crippen LogP contribution in [-0.4, -0.2) is 30.1 Å². The molecule has 0 aliphatic rings. The van der Waals surface area contributed by atoms with Gasteiger partial charge in [-0.2, -0.15) is 5.10 Å². The largest absolute Gasteiger partial charge is 0.465 e. The van der Waals surface area contributed by atoms with Crippen LogP contribution < -0.4 is 10.7 Å². The maximum Gasteiger partial charge on any atom is 0.314 e. The summed E-state index contributed by atoms with van der Waals surface area (Å²) in [5.74, 6) is -1.48. The van der Waals surface area contributed by atoms with Gasteiger partial charge < -0.3 is 10.1 Å². The Bertz CT molecular complexity index is 713. The van der Waals surface area contributed by atoms with Gasteiger partial charge in [-0.05, 0) is 57.4 Å². The maximum absolute atomic E-state index is 12.0. The minimum absolute atomic E-state index is 0.00363. The van der Waals surface area contributed by atoms with Crippen LogP contribution in [0.15, 0.2) is 23.3 Å². The summed E-state index contributed by atoms with van der Waals surface area (Å²) >= 11 is 0. The van der Waals surface area contributed by atoms with Crippen LogP contribution in [0.1, 0.15) is 51.2 Å². The van der Waals surface area contributed by atoms with Crippen molar-refractivity contribution in [2.45, 2.75) is 53.9 Å². The first-order valence-corrected chi connectivity index (χ1v) is 9.15. The monoisotopic (exact) mass is 375 g/mol. The second-order valence-corrected chi connectivity index (χ2v) is 6.35. The predicted octanol–water partition coefficient (Wildman–Crippen LogP) is 3.10. The standard InChI is InChI=1S/C20H29N3O4/c1-6-17(20(26)27-7-2)15(5)22-23-19(25)11-10-18(24)21-16-9-8-13(3)14(4)12-16/h8-9,12,17H,6-7,10-11H2,1-5H3,(H,21,24)(H,23,25)/b22-15-. The highest BCUT2D eigenvalue weighted by molar-refractivity contribution is 6.01. The summed E-state index contributed by atoms with van der Waals surface area (Å²) in [7, 11) is 0. The second kappa shape index (κ2) is 11.1. The number of carbonyl (C=O) groups is 3. The van der Waals surface area contributed by atoms with Crippen LogP contribution in [0.4, 0.5) is 5.69 Å². The molecule has 2 N–H and O–H groups in total. The number of rotatable bonds is 9. The summed E-state index contributed by atoms with van der Waals surface area (Å²) in [5.41, 5.74) is 5.81. The molecule has 0 saturated carbocycles. The van der Waals surface area contributed by atoms with E-state index in [0.717, 1.165) is 11.1 Å². The molecule has 0 aliphatic heterocycles. The van der Waals surface area contributed by atoms with Gasteiger partial charge in [-0.25, -0.2) is 5.43 Å². The number of carbonyl (C=O) groups excluding carboxylic acids is 3. The van der Waals surface area contributed by atoms with Crippen molar-refractivity contribution in [3.63, 3.8) is 0 Å². The molecule has 0 aromatic heterocycles. The molecule has 1 unspecified atom stereocenters. The number of hydrazone groups is 1. The van der Waals surface area contributed by atoms with E-state index in [9.17, 15) is 14.4 Å². The van der Waals surface area contributed by atoms with Crippen molar-refractivity contribution >= 4 is 29.2 Å². The SMILES string of the molecule is CCOC(=O)C(CC)/C(C)=N\NC(=O)CCC(=O)Nc1ccc(C)c(C)c1. The number of ether oxygens (including phenoxy) is 1. The van der Waals surface area contributed by atoms with Crippen molar-refractivity contribution in [2.24, 2.45) is 11.0 Å². The number of esters is 1. The molecule has 0 radical (unpaired) electrons. The van der Waals surface area contributed by atoms with E-state index >= 15 is 0 Å². The summed E-state index contributed by atoms with van der Waals surface area (Å²) in [5, 5.41) is 6.74. The van der Waals surface area contributed by atoms with Crippen molar-refractivity contribution in [2.75, 3.05) is 11.9 Å². The lowest BCUT2D eigenvalue weighted by atomic mass is 10.0. The fourth-order valence-corrected chi connectivity index (χ4v) is 2.43. The van der Waals surface area contributed by atoms with Gasteiger partial charge in [0, 0.05) is 24.2 Å². The second-order valence-electron chi connectivity index (χ2n) is 6.35. The molecule has 1 atom stereocenters. The molecule has 1 aromatic rings. The van der Waals surface area contributed by atoms with E-state index in [-0.39, 0.29) is 30.6 Å². The predicted molar refractivity (Wildman–Crippen MR) is 105 cm³/mol. The van der Waals surface area contributed by atoms with Crippen molar-refractivity contribution in [1.29, 1.82) is 0 Å². The molecule has 148 valence electrons. The zero-order valence-electron chi connectivity index (χ0n) is 16.7. The number of benzene rings is 1. The van der Waals surface area contributed by atoms with Crippen LogP contribution in [0.5, 0.6) is 0 Å². The zero-order chi connectivity index (χ0) is 20.4. The molecular weight excluding hydrogens is 346 g/mol. The van der Waals surface area contributed by atoms with Gasteiger partial charge in [-0.15, -0.1) is 0 Å². The van der Waals surface area contributed by atoms with Gasteiger partial charge in [0.05, 0.1) is 12.5 Å². The van der Waals surface area contributed by atoms with Crippen LogP contribution in [0, 0.1) is 19.8 Å². The van der Waals surface area contributed by atoms with Crippen LogP contribution in [0.2, 0.25) is 0 Å². The van der Waals surface area contributed by atoms with Crippen molar-refractivity contribution in [3.8, 4) is 0 Å². The lowest BCUT2D eigenvalue weighted by molar-refractivity contribution is -0.145. The Morgan fingerprint density at radius 2 is 1.74 bits per heavy atom. The minimum atomic E-state index is -0.488. The van der Waals surface area contributed by atoms with E-state index in [1.807, 2.05) is 39.0 Å². The molecule has 2 amide bonds. The molecule has 1 rings (SSSR count). The van der Waals surface area contributed by atoms with Gasteiger partial charge in [0.15, 0.2) is 0 Å². The molecular formula is C20H29N3O4. The van der Waals surface area contributed by atoms with E-state index in [0.29, 0.717) is 24.4 Å². The highest BCUT2D eigenvalue weighted by atomic mass is 16.5. The number of anilines is 1. The maximum atomic E-state index is 12.0. The average Bonchev–Trinajstić information content (AvgIpc) is 2.62. The number of nitrogens with zero attached hydrogens (tertiary/aromatic N) is 1. The molecule has 7 nitrogen and oxygen atoms in total. The summed E-state index contributed by atoms with van der Waals surface area (Å²) in [6.07, 6.45) is 0.578. The van der Waals surface area contributed by atoms with Gasteiger partial charge in [-0.3, -0.25) is 14.4 Å². The first kappa shape index (κ1) is 22.3. The van der Waals surface area contributed by atoms with Gasteiger partial charge in [-0.1, -0.05) is 13.0 Å². The van der Waals surface area contributed by atoms with Crippen LogP contribution in [0.3, 0.4) is 0 Å². The Kier molecular flexibility index (Phi) is 9.19. The molecule has 0 fully saturated rings. The number of hydrogen-bond acceptors (Lipinski definition) is 5. The van der Waals surface area contributed by atoms with Crippen molar-refractivity contribution < 1.29 is 19.1 Å². The van der Waals surface area contributed by atoms with Gasteiger partial charge in [0.1, 0.15) is 0 Å². The summed E-state index contributed by atoms with van der Waals surface area (Å²) in [4.78, 5) is 35.7. The first-order valence-electron chi connectivity index (χ1n) is 9.15. The quantitative estimate of drug-likeness (QED) is 0.394. The molecule has 27 heavy (non-hydrogen) atoms. The topological polar surface area (TPSA) is 96.9 Å². The Morgan fingerprint density at radius 1 is 1.07 bits per heavy atom. The fourth-order valence-electron chi connectivity index (χ4n) is 2.43. The third-order valence-electron chi connectivity index (χ3n) is 4.21.